The van der Waals surface area contributed by atoms with Crippen molar-refractivity contribution >= 4 is 23.5 Å². The van der Waals surface area contributed by atoms with Crippen LogP contribution in [0.2, 0.25) is 0 Å². The predicted octanol–water partition coefficient (Wildman–Crippen LogP) is 0.503. The molecule has 1 aliphatic rings. The molecule has 112 valence electrons. The highest BCUT2D eigenvalue weighted by molar-refractivity contribution is 6.06. The first-order valence-corrected chi connectivity index (χ1v) is 6.43. The van der Waals surface area contributed by atoms with E-state index >= 15 is 0 Å². The van der Waals surface area contributed by atoms with E-state index in [1.807, 2.05) is 0 Å². The van der Waals surface area contributed by atoms with Crippen LogP contribution >= 0.6 is 0 Å². The summed E-state index contributed by atoms with van der Waals surface area (Å²) in [6.07, 6.45) is 0. The number of aromatic carboxylic acids is 1. The summed E-state index contributed by atoms with van der Waals surface area (Å²) in [4.78, 5) is 35.7. The number of nitrogens with zero attached hydrogens (tertiary/aromatic N) is 2. The third-order valence-electron chi connectivity index (χ3n) is 3.23. The fourth-order valence-electron chi connectivity index (χ4n) is 2.20. The fraction of sp³-hybridized carbons (Fsp3) is 0.143. The molecule has 0 aliphatic carbocycles. The van der Waals surface area contributed by atoms with Crippen LogP contribution in [0.5, 0.6) is 0 Å². The van der Waals surface area contributed by atoms with Crippen LogP contribution in [0.3, 0.4) is 0 Å². The molecule has 0 radical (unpaired) electrons. The predicted molar refractivity (Wildman–Crippen MR) is 74.3 cm³/mol. The molecule has 1 fully saturated rings. The molecule has 0 spiro atoms. The molecule has 0 saturated carbocycles. The third-order valence-corrected chi connectivity index (χ3v) is 3.23. The van der Waals surface area contributed by atoms with E-state index in [1.165, 1.54) is 11.0 Å². The van der Waals surface area contributed by atoms with Gasteiger partial charge in [0.1, 0.15) is 6.54 Å². The smallest absolute Gasteiger partial charge is 0.358 e. The zero-order valence-corrected chi connectivity index (χ0v) is 11.3. The number of carbonyl (C=O) groups is 3. The molecule has 2 heterocycles. The summed E-state index contributed by atoms with van der Waals surface area (Å²) >= 11 is 0. The van der Waals surface area contributed by atoms with Gasteiger partial charge in [0.2, 0.25) is 11.8 Å². The Morgan fingerprint density at radius 2 is 2.09 bits per heavy atom. The number of hydrogen-bond donors (Lipinski definition) is 2. The van der Waals surface area contributed by atoms with Gasteiger partial charge in [-0.15, -0.1) is 0 Å². The number of piperazine rings is 1. The number of carboxylic acid groups (broad SMARTS) is 1. The number of aromatic nitrogens is 1. The molecule has 22 heavy (non-hydrogen) atoms. The van der Waals surface area contributed by atoms with Crippen molar-refractivity contribution in [3.63, 3.8) is 0 Å². The van der Waals surface area contributed by atoms with Crippen molar-refractivity contribution in [1.82, 2.24) is 10.5 Å². The van der Waals surface area contributed by atoms with Crippen molar-refractivity contribution in [1.29, 1.82) is 0 Å². The average Bonchev–Trinajstić information content (AvgIpc) is 3.00. The van der Waals surface area contributed by atoms with Gasteiger partial charge in [0.05, 0.1) is 12.2 Å². The molecule has 2 N–H and O–H groups in total. The van der Waals surface area contributed by atoms with Crippen molar-refractivity contribution in [3.05, 3.63) is 36.0 Å². The zero-order chi connectivity index (χ0) is 15.7. The Bertz CT molecular complexity index is 767. The lowest BCUT2D eigenvalue weighted by Gasteiger charge is -2.27. The second-order valence-corrected chi connectivity index (χ2v) is 4.66. The van der Waals surface area contributed by atoms with Crippen LogP contribution in [0.4, 0.5) is 5.69 Å². The van der Waals surface area contributed by atoms with Gasteiger partial charge >= 0.3 is 5.97 Å². The van der Waals surface area contributed by atoms with Gasteiger partial charge in [-0.1, -0.05) is 17.3 Å². The fourth-order valence-corrected chi connectivity index (χ4v) is 2.20. The second-order valence-electron chi connectivity index (χ2n) is 4.66. The topological polar surface area (TPSA) is 113 Å². The summed E-state index contributed by atoms with van der Waals surface area (Å²) in [6, 6.07) is 8.04. The minimum atomic E-state index is -1.21. The number of nitrogens with one attached hydrogen (secondary N) is 1. The van der Waals surface area contributed by atoms with Crippen molar-refractivity contribution in [2.45, 2.75) is 0 Å². The van der Waals surface area contributed by atoms with Crippen LogP contribution in [0.15, 0.2) is 34.9 Å². The first-order valence-electron chi connectivity index (χ1n) is 6.43. The number of rotatable bonds is 3. The van der Waals surface area contributed by atoms with Crippen LogP contribution in [0.1, 0.15) is 10.5 Å². The summed E-state index contributed by atoms with van der Waals surface area (Å²) in [5.41, 5.74) is 0.730. The van der Waals surface area contributed by atoms with Gasteiger partial charge in [0.25, 0.3) is 0 Å². The molecule has 0 atom stereocenters. The Kier molecular flexibility index (Phi) is 3.34. The van der Waals surface area contributed by atoms with E-state index in [1.54, 1.807) is 24.3 Å². The lowest BCUT2D eigenvalue weighted by Crippen LogP contribution is -2.51. The monoisotopic (exact) mass is 301 g/mol. The Morgan fingerprint density at radius 1 is 1.32 bits per heavy atom. The van der Waals surface area contributed by atoms with E-state index in [2.05, 4.69) is 10.5 Å². The Labute approximate surface area is 124 Å². The highest BCUT2D eigenvalue weighted by Gasteiger charge is 2.27. The van der Waals surface area contributed by atoms with Gasteiger partial charge in [-0.3, -0.25) is 9.59 Å². The maximum absolute atomic E-state index is 12.0. The molecule has 0 bridgehead atoms. The average molecular weight is 301 g/mol. The highest BCUT2D eigenvalue weighted by Crippen LogP contribution is 2.31. The van der Waals surface area contributed by atoms with Crippen LogP contribution in [0, 0.1) is 0 Å². The first kappa shape index (κ1) is 13.8. The van der Waals surface area contributed by atoms with Crippen molar-refractivity contribution in [2.24, 2.45) is 0 Å². The molecule has 2 aromatic rings. The Morgan fingerprint density at radius 3 is 2.82 bits per heavy atom. The van der Waals surface area contributed by atoms with E-state index < -0.39 is 5.97 Å². The maximum atomic E-state index is 12.0. The molecule has 1 aromatic heterocycles. The molecule has 8 nitrogen and oxygen atoms in total. The van der Waals surface area contributed by atoms with Gasteiger partial charge in [-0.25, -0.2) is 4.79 Å². The Balaban J connectivity index is 2.04. The quantitative estimate of drug-likeness (QED) is 0.853. The van der Waals surface area contributed by atoms with Crippen molar-refractivity contribution in [3.8, 4) is 11.3 Å². The summed E-state index contributed by atoms with van der Waals surface area (Å²) in [6.45, 7) is -0.181. The second kappa shape index (κ2) is 5.32. The number of benzene rings is 1. The van der Waals surface area contributed by atoms with Crippen LogP contribution in [-0.4, -0.2) is 41.1 Å². The van der Waals surface area contributed by atoms with Crippen LogP contribution in [0.25, 0.3) is 11.3 Å². The van der Waals surface area contributed by atoms with Crippen molar-refractivity contribution < 1.29 is 24.0 Å². The zero-order valence-electron chi connectivity index (χ0n) is 11.3. The number of carbonyl (C=O) groups excluding carboxylic acids is 2. The minimum absolute atomic E-state index is 0.0794. The first-order chi connectivity index (χ1) is 10.6. The van der Waals surface area contributed by atoms with Crippen molar-refractivity contribution in [2.75, 3.05) is 18.0 Å². The molecule has 1 aromatic carbocycles. The molecule has 8 heteroatoms. The van der Waals surface area contributed by atoms with E-state index in [-0.39, 0.29) is 36.4 Å². The number of anilines is 1. The normalized spacial score (nSPS) is 14.8. The van der Waals surface area contributed by atoms with Crippen LogP contribution in [-0.2, 0) is 9.59 Å². The number of hydrogen-bond acceptors (Lipinski definition) is 5. The molecular weight excluding hydrogens is 290 g/mol. The molecule has 0 unspecified atom stereocenters. The van der Waals surface area contributed by atoms with Gasteiger partial charge < -0.3 is 19.8 Å². The van der Waals surface area contributed by atoms with E-state index in [9.17, 15) is 14.4 Å². The van der Waals surface area contributed by atoms with E-state index in [0.717, 1.165) is 0 Å². The standard InChI is InChI=1S/C14H11N3O5/c18-12-7-17(13(19)6-15-12)10-4-2-1-3-8(10)11-5-9(14(20)21)16-22-11/h1-5H,6-7H2,(H,15,18)(H,20,21). The molecule has 1 saturated heterocycles. The summed E-state index contributed by atoms with van der Waals surface area (Å²) < 4.78 is 5.04. The molecule has 2 amide bonds. The van der Waals surface area contributed by atoms with Gasteiger partial charge in [0.15, 0.2) is 11.5 Å². The summed E-state index contributed by atoms with van der Waals surface area (Å²) in [7, 11) is 0. The number of amides is 2. The van der Waals surface area contributed by atoms with E-state index in [0.29, 0.717) is 11.3 Å². The maximum Gasteiger partial charge on any atom is 0.358 e. The number of carboxylic acids is 1. The largest absolute Gasteiger partial charge is 0.476 e. The minimum Gasteiger partial charge on any atom is -0.476 e. The summed E-state index contributed by atoms with van der Waals surface area (Å²) in [5.74, 6) is -1.52. The molecule has 3 rings (SSSR count). The lowest BCUT2D eigenvalue weighted by molar-refractivity contribution is -0.128. The summed E-state index contributed by atoms with van der Waals surface area (Å²) in [5, 5.41) is 14.8. The van der Waals surface area contributed by atoms with Crippen LogP contribution < -0.4 is 10.2 Å². The third kappa shape index (κ3) is 2.41. The highest BCUT2D eigenvalue weighted by atomic mass is 16.5. The van der Waals surface area contributed by atoms with Gasteiger partial charge in [-0.2, -0.15) is 0 Å². The Hall–Kier alpha value is -3.16. The van der Waals surface area contributed by atoms with Gasteiger partial charge in [-0.05, 0) is 12.1 Å². The molecular formula is C14H11N3O5. The van der Waals surface area contributed by atoms with E-state index in [4.69, 9.17) is 9.63 Å². The lowest BCUT2D eigenvalue weighted by atomic mass is 10.1. The number of para-hydroxylation sites is 1. The SMILES string of the molecule is O=C1CN(c2ccccc2-c2cc(C(=O)O)no2)C(=O)CN1. The molecule has 1 aliphatic heterocycles. The van der Waals surface area contributed by atoms with Gasteiger partial charge in [0, 0.05) is 11.6 Å².